The molecule has 0 fully saturated rings. The molecule has 0 aliphatic heterocycles. The average molecular weight is 450 g/mol. The number of sulfonamides is 1. The molecule has 0 aliphatic rings. The van der Waals surface area contributed by atoms with Crippen molar-refractivity contribution in [2.45, 2.75) is 31.2 Å². The maximum absolute atomic E-state index is 12.8. The Morgan fingerprint density at radius 3 is 2.10 bits per heavy atom. The Labute approximate surface area is 178 Å². The van der Waals surface area contributed by atoms with Crippen molar-refractivity contribution < 1.29 is 26.4 Å². The lowest BCUT2D eigenvalue weighted by Crippen LogP contribution is -2.40. The van der Waals surface area contributed by atoms with Crippen LogP contribution in [0.15, 0.2) is 60.7 Å². The molecule has 3 rings (SSSR count). The molecule has 1 unspecified atom stereocenters. The van der Waals surface area contributed by atoms with E-state index < -0.39 is 32.3 Å². The SMILES string of the molecule is Cc1cc(CC(C)(c2ccccc2)S(N)(=O)=O)[nH]c1C(=O)c1ccc(C(F)(F)F)cc1. The average Bonchev–Trinajstić information content (AvgIpc) is 3.06. The van der Waals surface area contributed by atoms with Crippen molar-refractivity contribution in [2.75, 3.05) is 0 Å². The third-order valence-electron chi connectivity index (χ3n) is 5.31. The van der Waals surface area contributed by atoms with Crippen molar-refractivity contribution in [1.82, 2.24) is 4.98 Å². The summed E-state index contributed by atoms with van der Waals surface area (Å²) in [6, 6.07) is 14.1. The molecule has 1 heterocycles. The summed E-state index contributed by atoms with van der Waals surface area (Å²) >= 11 is 0. The highest BCUT2D eigenvalue weighted by atomic mass is 32.2. The van der Waals surface area contributed by atoms with Gasteiger partial charge in [0.05, 0.1) is 11.3 Å². The summed E-state index contributed by atoms with van der Waals surface area (Å²) in [6.45, 7) is 3.17. The van der Waals surface area contributed by atoms with Crippen LogP contribution in [0.1, 0.15) is 45.4 Å². The second-order valence-electron chi connectivity index (χ2n) is 7.58. The van der Waals surface area contributed by atoms with E-state index in [0.29, 0.717) is 16.8 Å². The van der Waals surface area contributed by atoms with Gasteiger partial charge in [-0.3, -0.25) is 4.79 Å². The number of carbonyl (C=O) groups excluding carboxylic acids is 1. The molecule has 0 spiro atoms. The van der Waals surface area contributed by atoms with Crippen LogP contribution in [0.3, 0.4) is 0 Å². The van der Waals surface area contributed by atoms with Crippen LogP contribution < -0.4 is 5.14 Å². The summed E-state index contributed by atoms with van der Waals surface area (Å²) in [5.41, 5.74) is 0.930. The van der Waals surface area contributed by atoms with Gasteiger partial charge in [0.15, 0.2) is 0 Å². The summed E-state index contributed by atoms with van der Waals surface area (Å²) in [6.07, 6.45) is -4.51. The van der Waals surface area contributed by atoms with E-state index in [-0.39, 0.29) is 17.7 Å². The molecule has 1 atom stereocenters. The Bertz CT molecular complexity index is 1200. The molecule has 0 radical (unpaired) electrons. The van der Waals surface area contributed by atoms with Gasteiger partial charge < -0.3 is 4.98 Å². The monoisotopic (exact) mass is 450 g/mol. The minimum Gasteiger partial charge on any atom is -0.355 e. The second kappa shape index (κ2) is 7.97. The molecule has 3 N–H and O–H groups in total. The predicted molar refractivity (Wildman–Crippen MR) is 111 cm³/mol. The van der Waals surface area contributed by atoms with Crippen LogP contribution >= 0.6 is 0 Å². The van der Waals surface area contributed by atoms with Gasteiger partial charge in [0.2, 0.25) is 15.8 Å². The summed E-state index contributed by atoms with van der Waals surface area (Å²) in [5, 5.41) is 5.54. The van der Waals surface area contributed by atoms with Gasteiger partial charge in [-0.15, -0.1) is 0 Å². The van der Waals surface area contributed by atoms with Gasteiger partial charge in [-0.1, -0.05) is 42.5 Å². The summed E-state index contributed by atoms with van der Waals surface area (Å²) in [7, 11) is -4.02. The lowest BCUT2D eigenvalue weighted by molar-refractivity contribution is -0.137. The number of ketones is 1. The molecule has 2 aromatic carbocycles. The van der Waals surface area contributed by atoms with E-state index in [1.807, 2.05) is 0 Å². The van der Waals surface area contributed by atoms with Gasteiger partial charge in [-0.05, 0) is 43.2 Å². The number of aromatic nitrogens is 1. The number of hydrogen-bond donors (Lipinski definition) is 2. The Morgan fingerprint density at radius 1 is 1.00 bits per heavy atom. The molecule has 0 saturated carbocycles. The summed E-state index contributed by atoms with van der Waals surface area (Å²) < 4.78 is 61.7. The maximum atomic E-state index is 12.8. The zero-order valence-electron chi connectivity index (χ0n) is 16.8. The quantitative estimate of drug-likeness (QED) is 0.548. The highest BCUT2D eigenvalue weighted by Gasteiger charge is 2.39. The number of benzene rings is 2. The number of aryl methyl sites for hydroxylation is 1. The molecule has 0 bridgehead atoms. The Morgan fingerprint density at radius 2 is 1.58 bits per heavy atom. The highest BCUT2D eigenvalue weighted by Crippen LogP contribution is 2.33. The number of hydrogen-bond acceptors (Lipinski definition) is 3. The van der Waals surface area contributed by atoms with E-state index in [1.165, 1.54) is 6.92 Å². The van der Waals surface area contributed by atoms with E-state index in [4.69, 9.17) is 5.14 Å². The number of carbonyl (C=O) groups is 1. The zero-order valence-corrected chi connectivity index (χ0v) is 17.6. The fourth-order valence-electron chi connectivity index (χ4n) is 3.44. The zero-order chi connectivity index (χ0) is 23.0. The molecule has 0 saturated heterocycles. The van der Waals surface area contributed by atoms with Gasteiger partial charge in [-0.2, -0.15) is 13.2 Å². The Hall–Kier alpha value is -2.91. The van der Waals surface area contributed by atoms with Gasteiger partial charge >= 0.3 is 6.18 Å². The van der Waals surface area contributed by atoms with Gasteiger partial charge in [-0.25, -0.2) is 13.6 Å². The number of nitrogens with two attached hydrogens (primary N) is 1. The largest absolute Gasteiger partial charge is 0.416 e. The molecule has 3 aromatic rings. The standard InChI is InChI=1S/C22H21F3N2O3S/c1-14-12-18(13-21(2,31(26,29)30)16-6-4-3-5-7-16)27-19(14)20(28)15-8-10-17(11-9-15)22(23,24)25/h3-12,27H,13H2,1-2H3,(H2,26,29,30). The van der Waals surface area contributed by atoms with Crippen molar-refractivity contribution in [3.05, 3.63) is 94.3 Å². The minimum atomic E-state index is -4.49. The van der Waals surface area contributed by atoms with E-state index in [2.05, 4.69) is 4.98 Å². The van der Waals surface area contributed by atoms with Gasteiger partial charge in [0, 0.05) is 17.7 Å². The van der Waals surface area contributed by atoms with Crippen LogP contribution in [0.25, 0.3) is 0 Å². The topological polar surface area (TPSA) is 93.0 Å². The molecule has 164 valence electrons. The first-order valence-corrected chi connectivity index (χ1v) is 10.9. The van der Waals surface area contributed by atoms with Crippen LogP contribution in [-0.4, -0.2) is 19.2 Å². The van der Waals surface area contributed by atoms with E-state index in [9.17, 15) is 26.4 Å². The summed E-state index contributed by atoms with van der Waals surface area (Å²) in [5.74, 6) is -0.491. The molecule has 0 aliphatic carbocycles. The number of halogens is 3. The van der Waals surface area contributed by atoms with Crippen LogP contribution in [-0.2, 0) is 27.4 Å². The minimum absolute atomic E-state index is 0.0169. The Kier molecular flexibility index (Phi) is 5.86. The number of nitrogens with one attached hydrogen (secondary N) is 1. The van der Waals surface area contributed by atoms with Crippen molar-refractivity contribution >= 4 is 15.8 Å². The van der Waals surface area contributed by atoms with Gasteiger partial charge in [0.1, 0.15) is 4.75 Å². The highest BCUT2D eigenvalue weighted by molar-refractivity contribution is 7.90. The molecule has 1 aromatic heterocycles. The lowest BCUT2D eigenvalue weighted by atomic mass is 9.95. The third-order valence-corrected chi connectivity index (χ3v) is 6.95. The maximum Gasteiger partial charge on any atom is 0.416 e. The first-order valence-electron chi connectivity index (χ1n) is 9.31. The first-order chi connectivity index (χ1) is 14.3. The molecule has 31 heavy (non-hydrogen) atoms. The van der Waals surface area contributed by atoms with Crippen molar-refractivity contribution in [3.8, 4) is 0 Å². The van der Waals surface area contributed by atoms with Crippen LogP contribution in [0, 0.1) is 6.92 Å². The molecule has 9 heteroatoms. The third kappa shape index (κ3) is 4.57. The molecule has 5 nitrogen and oxygen atoms in total. The number of alkyl halides is 3. The smallest absolute Gasteiger partial charge is 0.355 e. The number of rotatable bonds is 6. The fraction of sp³-hybridized carbons (Fsp3) is 0.227. The lowest BCUT2D eigenvalue weighted by Gasteiger charge is -2.27. The van der Waals surface area contributed by atoms with Crippen molar-refractivity contribution in [2.24, 2.45) is 5.14 Å². The molecule has 0 amide bonds. The number of primary sulfonamides is 1. The number of aromatic amines is 1. The second-order valence-corrected chi connectivity index (χ2v) is 9.57. The van der Waals surface area contributed by atoms with Crippen molar-refractivity contribution in [3.63, 3.8) is 0 Å². The fourth-order valence-corrected chi connectivity index (χ4v) is 4.26. The normalized spacial score (nSPS) is 14.3. The van der Waals surface area contributed by atoms with Crippen LogP contribution in [0.4, 0.5) is 13.2 Å². The van der Waals surface area contributed by atoms with Crippen LogP contribution in [0.5, 0.6) is 0 Å². The van der Waals surface area contributed by atoms with E-state index >= 15 is 0 Å². The van der Waals surface area contributed by atoms with Gasteiger partial charge in [0.25, 0.3) is 0 Å². The van der Waals surface area contributed by atoms with E-state index in [1.54, 1.807) is 43.3 Å². The summed E-state index contributed by atoms with van der Waals surface area (Å²) in [4.78, 5) is 15.7. The molecular formula is C22H21F3N2O3S. The predicted octanol–water partition coefficient (Wildman–Crippen LogP) is 4.32. The van der Waals surface area contributed by atoms with Crippen molar-refractivity contribution in [1.29, 1.82) is 0 Å². The Balaban J connectivity index is 1.94. The van der Waals surface area contributed by atoms with Crippen LogP contribution in [0.2, 0.25) is 0 Å². The van der Waals surface area contributed by atoms with E-state index in [0.717, 1.165) is 24.3 Å². The number of H-pyrrole nitrogens is 1. The molecular weight excluding hydrogens is 429 g/mol. The first kappa shape index (κ1) is 22.8.